The lowest BCUT2D eigenvalue weighted by molar-refractivity contribution is 0.263. The van der Waals surface area contributed by atoms with Crippen LogP contribution in [0.1, 0.15) is 22.7 Å². The molecular weight excluding hydrogens is 314 g/mol. The second-order valence-electron chi connectivity index (χ2n) is 5.23. The molecule has 20 heavy (non-hydrogen) atoms. The number of nitrogens with zero attached hydrogens (tertiary/aromatic N) is 1. The highest BCUT2D eigenvalue weighted by Crippen LogP contribution is 2.39. The van der Waals surface area contributed by atoms with Crippen LogP contribution in [0.25, 0.3) is 0 Å². The van der Waals surface area contributed by atoms with Gasteiger partial charge in [0.2, 0.25) is 0 Å². The van der Waals surface area contributed by atoms with Crippen LogP contribution in [0, 0.1) is 0 Å². The van der Waals surface area contributed by atoms with Gasteiger partial charge in [-0.1, -0.05) is 30.3 Å². The molecule has 0 aliphatic carbocycles. The van der Waals surface area contributed by atoms with E-state index in [1.54, 1.807) is 7.11 Å². The minimum absolute atomic E-state index is 0.307. The van der Waals surface area contributed by atoms with Gasteiger partial charge in [-0.25, -0.2) is 0 Å². The third kappa shape index (κ3) is 2.36. The van der Waals surface area contributed by atoms with E-state index in [0.29, 0.717) is 6.04 Å². The van der Waals surface area contributed by atoms with Gasteiger partial charge in [0.15, 0.2) is 0 Å². The van der Waals surface area contributed by atoms with Crippen molar-refractivity contribution in [3.63, 3.8) is 0 Å². The van der Waals surface area contributed by atoms with Crippen LogP contribution in [0.2, 0.25) is 0 Å². The van der Waals surface area contributed by atoms with Gasteiger partial charge in [0, 0.05) is 6.54 Å². The Hall–Kier alpha value is -1.32. The van der Waals surface area contributed by atoms with E-state index in [4.69, 9.17) is 4.74 Å². The average Bonchev–Trinajstić information content (AvgIpc) is 2.48. The summed E-state index contributed by atoms with van der Waals surface area (Å²) in [5, 5.41) is 0. The molecule has 104 valence electrons. The Morgan fingerprint density at radius 3 is 2.65 bits per heavy atom. The summed E-state index contributed by atoms with van der Waals surface area (Å²) < 4.78 is 6.50. The van der Waals surface area contributed by atoms with Crippen LogP contribution in [0.15, 0.2) is 46.9 Å². The Morgan fingerprint density at radius 2 is 1.95 bits per heavy atom. The molecule has 1 aliphatic heterocycles. The largest absolute Gasteiger partial charge is 0.496 e. The lowest BCUT2D eigenvalue weighted by atomic mass is 9.88. The second kappa shape index (κ2) is 5.58. The van der Waals surface area contributed by atoms with Crippen LogP contribution >= 0.6 is 15.9 Å². The molecule has 1 aliphatic rings. The zero-order chi connectivity index (χ0) is 14.1. The molecule has 0 N–H and O–H groups in total. The zero-order valence-corrected chi connectivity index (χ0v) is 13.4. The Kier molecular flexibility index (Phi) is 3.81. The first-order chi connectivity index (χ1) is 9.70. The average molecular weight is 332 g/mol. The summed E-state index contributed by atoms with van der Waals surface area (Å²) in [4.78, 5) is 2.41. The van der Waals surface area contributed by atoms with Crippen molar-refractivity contribution >= 4 is 15.9 Å². The van der Waals surface area contributed by atoms with Gasteiger partial charge in [0.1, 0.15) is 5.75 Å². The Labute approximate surface area is 128 Å². The first-order valence-corrected chi connectivity index (χ1v) is 7.61. The van der Waals surface area contributed by atoms with E-state index in [-0.39, 0.29) is 0 Å². The molecule has 1 atom stereocenters. The van der Waals surface area contributed by atoms with Crippen LogP contribution in [0.4, 0.5) is 0 Å². The summed E-state index contributed by atoms with van der Waals surface area (Å²) in [5.74, 6) is 0.903. The smallest absolute Gasteiger partial charge is 0.133 e. The summed E-state index contributed by atoms with van der Waals surface area (Å²) in [6.07, 6.45) is 1.08. The van der Waals surface area contributed by atoms with Crippen LogP contribution in [0.5, 0.6) is 5.75 Å². The number of hydrogen-bond donors (Lipinski definition) is 0. The molecule has 0 saturated heterocycles. The van der Waals surface area contributed by atoms with Gasteiger partial charge in [-0.3, -0.25) is 4.90 Å². The van der Waals surface area contributed by atoms with Crippen molar-refractivity contribution in [2.45, 2.75) is 12.5 Å². The Morgan fingerprint density at radius 1 is 1.20 bits per heavy atom. The zero-order valence-electron chi connectivity index (χ0n) is 11.8. The van der Waals surface area contributed by atoms with Gasteiger partial charge in [-0.15, -0.1) is 0 Å². The van der Waals surface area contributed by atoms with E-state index in [0.717, 1.165) is 23.2 Å². The fraction of sp³-hybridized carbons (Fsp3) is 0.294. The number of ether oxygens (including phenoxy) is 1. The Balaban J connectivity index is 2.13. The van der Waals surface area contributed by atoms with Crippen molar-refractivity contribution in [1.29, 1.82) is 0 Å². The number of fused-ring (bicyclic) bond motifs is 1. The standard InChI is InChI=1S/C17H18BrNO/c1-19-9-8-13-10-15(18)16(20-2)11-14(13)17(19)12-6-4-3-5-7-12/h3-7,10-11,17H,8-9H2,1-2H3/t17-/m1/s1. The van der Waals surface area contributed by atoms with Gasteiger partial charge < -0.3 is 4.74 Å². The number of halogens is 1. The van der Waals surface area contributed by atoms with Crippen molar-refractivity contribution in [2.24, 2.45) is 0 Å². The SMILES string of the molecule is COc1cc2c(cc1Br)CCN(C)[C@@H]2c1ccccc1. The third-order valence-corrected chi connectivity index (χ3v) is 4.62. The van der Waals surface area contributed by atoms with Crippen molar-refractivity contribution in [2.75, 3.05) is 20.7 Å². The number of hydrogen-bond acceptors (Lipinski definition) is 2. The number of benzene rings is 2. The van der Waals surface area contributed by atoms with Gasteiger partial charge in [-0.05, 0) is 58.2 Å². The molecule has 0 amide bonds. The quantitative estimate of drug-likeness (QED) is 0.823. The molecule has 0 aromatic heterocycles. The monoisotopic (exact) mass is 331 g/mol. The minimum atomic E-state index is 0.307. The van der Waals surface area contributed by atoms with E-state index >= 15 is 0 Å². The molecular formula is C17H18BrNO. The highest BCUT2D eigenvalue weighted by Gasteiger charge is 2.27. The maximum absolute atomic E-state index is 5.47. The van der Waals surface area contributed by atoms with Gasteiger partial charge in [0.05, 0.1) is 17.6 Å². The van der Waals surface area contributed by atoms with Crippen molar-refractivity contribution in [3.05, 3.63) is 63.6 Å². The maximum Gasteiger partial charge on any atom is 0.133 e. The molecule has 0 saturated carbocycles. The highest BCUT2D eigenvalue weighted by atomic mass is 79.9. The normalized spacial score (nSPS) is 18.6. The summed E-state index contributed by atoms with van der Waals surface area (Å²) in [7, 11) is 3.91. The number of methoxy groups -OCH3 is 1. The van der Waals surface area contributed by atoms with Crippen LogP contribution in [-0.4, -0.2) is 25.6 Å². The molecule has 0 fully saturated rings. The lowest BCUT2D eigenvalue weighted by Crippen LogP contribution is -2.32. The van der Waals surface area contributed by atoms with Crippen molar-refractivity contribution < 1.29 is 4.74 Å². The summed E-state index contributed by atoms with van der Waals surface area (Å²) in [6, 6.07) is 15.4. The first-order valence-electron chi connectivity index (χ1n) is 6.82. The second-order valence-corrected chi connectivity index (χ2v) is 6.08. The molecule has 0 unspecified atom stereocenters. The topological polar surface area (TPSA) is 12.5 Å². The molecule has 0 radical (unpaired) electrons. The Bertz CT molecular complexity index is 612. The van der Waals surface area contributed by atoms with E-state index in [9.17, 15) is 0 Å². The van der Waals surface area contributed by atoms with Crippen LogP contribution in [0.3, 0.4) is 0 Å². The number of likely N-dealkylation sites (N-methyl/N-ethyl adjacent to an activating group) is 1. The molecule has 2 nitrogen and oxygen atoms in total. The van der Waals surface area contributed by atoms with E-state index < -0.39 is 0 Å². The predicted octanol–water partition coefficient (Wildman–Crippen LogP) is 4.04. The maximum atomic E-state index is 5.47. The van der Waals surface area contributed by atoms with Crippen molar-refractivity contribution in [3.8, 4) is 5.75 Å². The summed E-state index contributed by atoms with van der Waals surface area (Å²) >= 11 is 3.59. The molecule has 3 heteroatoms. The first kappa shape index (κ1) is 13.7. The highest BCUT2D eigenvalue weighted by molar-refractivity contribution is 9.10. The minimum Gasteiger partial charge on any atom is -0.496 e. The summed E-state index contributed by atoms with van der Waals surface area (Å²) in [5.41, 5.74) is 4.09. The van der Waals surface area contributed by atoms with E-state index in [1.165, 1.54) is 16.7 Å². The van der Waals surface area contributed by atoms with Gasteiger partial charge in [0.25, 0.3) is 0 Å². The third-order valence-electron chi connectivity index (χ3n) is 4.00. The molecule has 0 bridgehead atoms. The molecule has 2 aromatic rings. The van der Waals surface area contributed by atoms with Crippen LogP contribution in [-0.2, 0) is 6.42 Å². The van der Waals surface area contributed by atoms with Crippen molar-refractivity contribution in [1.82, 2.24) is 4.90 Å². The predicted molar refractivity (Wildman–Crippen MR) is 85.3 cm³/mol. The molecule has 2 aromatic carbocycles. The molecule has 0 spiro atoms. The van der Waals surface area contributed by atoms with Gasteiger partial charge >= 0.3 is 0 Å². The number of rotatable bonds is 2. The van der Waals surface area contributed by atoms with E-state index in [2.05, 4.69) is 70.3 Å². The fourth-order valence-corrected chi connectivity index (χ4v) is 3.52. The lowest BCUT2D eigenvalue weighted by Gasteiger charge is -2.35. The van der Waals surface area contributed by atoms with Crippen LogP contribution < -0.4 is 4.74 Å². The molecule has 3 rings (SSSR count). The van der Waals surface area contributed by atoms with Gasteiger partial charge in [-0.2, -0.15) is 0 Å². The summed E-state index contributed by atoms with van der Waals surface area (Å²) in [6.45, 7) is 1.07. The molecule has 1 heterocycles. The van der Waals surface area contributed by atoms with E-state index in [1.807, 2.05) is 0 Å². The fourth-order valence-electron chi connectivity index (χ4n) is 2.97.